The van der Waals surface area contributed by atoms with E-state index in [1.54, 1.807) is 16.8 Å². The highest BCUT2D eigenvalue weighted by atomic mass is 79.9. The molecule has 1 aromatic heterocycles. The average molecular weight is 532 g/mol. The number of hydrogen-bond acceptors (Lipinski definition) is 4. The molecule has 4 aromatic rings. The monoisotopic (exact) mass is 531 g/mol. The Morgan fingerprint density at radius 3 is 2.37 bits per heavy atom. The summed E-state index contributed by atoms with van der Waals surface area (Å²) in [6, 6.07) is 22.6. The summed E-state index contributed by atoms with van der Waals surface area (Å²) in [6.45, 7) is 5.49. The minimum atomic E-state index is -0.416. The van der Waals surface area contributed by atoms with Crippen molar-refractivity contribution < 1.29 is 14.3 Å². The quantitative estimate of drug-likeness (QED) is 0.268. The lowest BCUT2D eigenvalue weighted by atomic mass is 10.0. The Balaban J connectivity index is 1.71. The van der Waals surface area contributed by atoms with Crippen molar-refractivity contribution in [1.29, 1.82) is 0 Å². The summed E-state index contributed by atoms with van der Waals surface area (Å²) in [5.74, 6) is -0.227. The number of carbonyl (C=O) groups is 2. The number of anilines is 1. The zero-order chi connectivity index (χ0) is 24.9. The first kappa shape index (κ1) is 24.4. The SMILES string of the molecule is CCCc1nn(-c2ccc(C)cc2)c(OC(C)=O)c1-c1ccc(NC(=O)c2cccc(Br)c2)cc1. The Hall–Kier alpha value is -3.71. The van der Waals surface area contributed by atoms with Crippen LogP contribution < -0.4 is 10.1 Å². The van der Waals surface area contributed by atoms with E-state index in [9.17, 15) is 9.59 Å². The number of ether oxygens (including phenoxy) is 1. The third-order valence-electron chi connectivity index (χ3n) is 5.44. The molecule has 0 bridgehead atoms. The maximum Gasteiger partial charge on any atom is 0.309 e. The van der Waals surface area contributed by atoms with Gasteiger partial charge in [0.15, 0.2) is 0 Å². The molecule has 3 aromatic carbocycles. The van der Waals surface area contributed by atoms with E-state index in [1.165, 1.54) is 6.92 Å². The van der Waals surface area contributed by atoms with Crippen molar-refractivity contribution in [2.45, 2.75) is 33.6 Å². The second kappa shape index (κ2) is 10.7. The normalized spacial score (nSPS) is 10.7. The van der Waals surface area contributed by atoms with Gasteiger partial charge in [-0.1, -0.05) is 65.2 Å². The minimum absolute atomic E-state index is 0.196. The predicted molar refractivity (Wildman–Crippen MR) is 141 cm³/mol. The van der Waals surface area contributed by atoms with Gasteiger partial charge >= 0.3 is 5.97 Å². The third-order valence-corrected chi connectivity index (χ3v) is 5.93. The van der Waals surface area contributed by atoms with Gasteiger partial charge in [0.2, 0.25) is 5.88 Å². The molecule has 0 atom stereocenters. The number of amides is 1. The third kappa shape index (κ3) is 5.69. The van der Waals surface area contributed by atoms with E-state index >= 15 is 0 Å². The van der Waals surface area contributed by atoms with E-state index in [0.29, 0.717) is 17.1 Å². The zero-order valence-corrected chi connectivity index (χ0v) is 21.4. The summed E-state index contributed by atoms with van der Waals surface area (Å²) < 4.78 is 8.22. The molecule has 0 saturated heterocycles. The van der Waals surface area contributed by atoms with Crippen molar-refractivity contribution in [3.63, 3.8) is 0 Å². The van der Waals surface area contributed by atoms with Crippen LogP contribution in [0, 0.1) is 6.92 Å². The summed E-state index contributed by atoms with van der Waals surface area (Å²) in [5.41, 5.74) is 5.63. The Labute approximate surface area is 213 Å². The first-order chi connectivity index (χ1) is 16.9. The summed E-state index contributed by atoms with van der Waals surface area (Å²) in [4.78, 5) is 24.6. The van der Waals surface area contributed by atoms with Gasteiger partial charge in [-0.15, -0.1) is 0 Å². The van der Waals surface area contributed by atoms with Crippen LogP contribution in [0.4, 0.5) is 5.69 Å². The smallest absolute Gasteiger partial charge is 0.309 e. The molecule has 178 valence electrons. The maximum absolute atomic E-state index is 12.6. The van der Waals surface area contributed by atoms with Crippen molar-refractivity contribution >= 4 is 33.5 Å². The maximum atomic E-state index is 12.6. The lowest BCUT2D eigenvalue weighted by Gasteiger charge is -2.11. The molecular weight excluding hydrogens is 506 g/mol. The van der Waals surface area contributed by atoms with Crippen LogP contribution in [0.3, 0.4) is 0 Å². The van der Waals surface area contributed by atoms with E-state index in [2.05, 4.69) is 28.2 Å². The first-order valence-corrected chi connectivity index (χ1v) is 12.2. The van der Waals surface area contributed by atoms with Gasteiger partial charge in [-0.2, -0.15) is 9.78 Å². The number of benzene rings is 3. The van der Waals surface area contributed by atoms with Crippen LogP contribution in [0.5, 0.6) is 5.88 Å². The van der Waals surface area contributed by atoms with E-state index in [1.807, 2.05) is 67.6 Å². The number of hydrogen-bond donors (Lipinski definition) is 1. The van der Waals surface area contributed by atoms with Crippen LogP contribution in [-0.2, 0) is 11.2 Å². The fourth-order valence-electron chi connectivity index (χ4n) is 3.79. The van der Waals surface area contributed by atoms with Gasteiger partial charge in [-0.25, -0.2) is 0 Å². The number of aryl methyl sites for hydroxylation is 2. The number of nitrogens with zero attached hydrogens (tertiary/aromatic N) is 2. The molecule has 1 amide bonds. The van der Waals surface area contributed by atoms with E-state index in [4.69, 9.17) is 9.84 Å². The summed E-state index contributed by atoms with van der Waals surface area (Å²) in [5, 5.41) is 7.73. The Kier molecular flexibility index (Phi) is 7.46. The van der Waals surface area contributed by atoms with Gasteiger partial charge in [0.05, 0.1) is 16.9 Å². The molecule has 4 rings (SSSR count). The van der Waals surface area contributed by atoms with Crippen LogP contribution in [0.15, 0.2) is 77.3 Å². The molecule has 0 spiro atoms. The van der Waals surface area contributed by atoms with Crippen molar-refractivity contribution in [1.82, 2.24) is 9.78 Å². The van der Waals surface area contributed by atoms with Crippen molar-refractivity contribution in [2.24, 2.45) is 0 Å². The van der Waals surface area contributed by atoms with Gasteiger partial charge < -0.3 is 10.1 Å². The lowest BCUT2D eigenvalue weighted by molar-refractivity contribution is -0.132. The molecule has 1 N–H and O–H groups in total. The molecular formula is C28H26BrN3O3. The highest BCUT2D eigenvalue weighted by Gasteiger charge is 2.23. The van der Waals surface area contributed by atoms with Crippen molar-refractivity contribution in [3.05, 3.63) is 94.1 Å². The number of halogens is 1. The zero-order valence-electron chi connectivity index (χ0n) is 19.8. The van der Waals surface area contributed by atoms with Crippen LogP contribution in [0.2, 0.25) is 0 Å². The van der Waals surface area contributed by atoms with Gasteiger partial charge in [0, 0.05) is 22.6 Å². The molecule has 0 aliphatic heterocycles. The molecule has 0 aliphatic carbocycles. The minimum Gasteiger partial charge on any atom is -0.407 e. The predicted octanol–water partition coefficient (Wildman–Crippen LogP) is 6.74. The standard InChI is InChI=1S/C28H26BrN3O3/c1-4-6-25-26(28(35-19(3)33)32(31-25)24-15-9-18(2)10-16-24)20-11-13-23(14-12-20)30-27(34)21-7-5-8-22(29)17-21/h5,7-17H,4,6H2,1-3H3,(H,30,34). The van der Waals surface area contributed by atoms with Gasteiger partial charge in [-0.3, -0.25) is 9.59 Å². The first-order valence-electron chi connectivity index (χ1n) is 11.4. The Morgan fingerprint density at radius 2 is 1.74 bits per heavy atom. The average Bonchev–Trinajstić information content (AvgIpc) is 3.17. The molecule has 0 unspecified atom stereocenters. The summed E-state index contributed by atoms with van der Waals surface area (Å²) >= 11 is 3.39. The van der Waals surface area contributed by atoms with E-state index < -0.39 is 5.97 Å². The molecule has 1 heterocycles. The van der Waals surface area contributed by atoms with E-state index in [0.717, 1.165) is 45.4 Å². The van der Waals surface area contributed by atoms with Crippen LogP contribution in [0.25, 0.3) is 16.8 Å². The topological polar surface area (TPSA) is 73.2 Å². The Morgan fingerprint density at radius 1 is 1.03 bits per heavy atom. The lowest BCUT2D eigenvalue weighted by Crippen LogP contribution is -2.11. The van der Waals surface area contributed by atoms with Crippen LogP contribution in [0.1, 0.15) is 41.9 Å². The number of esters is 1. The second-order valence-electron chi connectivity index (χ2n) is 8.26. The number of rotatable bonds is 7. The highest BCUT2D eigenvalue weighted by Crippen LogP contribution is 2.37. The van der Waals surface area contributed by atoms with E-state index in [-0.39, 0.29) is 5.91 Å². The van der Waals surface area contributed by atoms with Crippen LogP contribution >= 0.6 is 15.9 Å². The largest absolute Gasteiger partial charge is 0.407 e. The number of aromatic nitrogens is 2. The molecule has 7 heteroatoms. The molecule has 35 heavy (non-hydrogen) atoms. The number of nitrogens with one attached hydrogen (secondary N) is 1. The summed E-state index contributed by atoms with van der Waals surface area (Å²) in [7, 11) is 0. The molecule has 6 nitrogen and oxygen atoms in total. The fourth-order valence-corrected chi connectivity index (χ4v) is 4.19. The molecule has 0 aliphatic rings. The summed E-state index contributed by atoms with van der Waals surface area (Å²) in [6.07, 6.45) is 1.61. The molecule has 0 radical (unpaired) electrons. The van der Waals surface area contributed by atoms with Gasteiger partial charge in [0.25, 0.3) is 5.91 Å². The Bertz CT molecular complexity index is 1360. The fraction of sp³-hybridized carbons (Fsp3) is 0.179. The van der Waals surface area contributed by atoms with Crippen LogP contribution in [-0.4, -0.2) is 21.7 Å². The second-order valence-corrected chi connectivity index (χ2v) is 9.18. The van der Waals surface area contributed by atoms with Crippen molar-refractivity contribution in [3.8, 4) is 22.7 Å². The van der Waals surface area contributed by atoms with Gasteiger partial charge in [-0.05, 0) is 61.4 Å². The van der Waals surface area contributed by atoms with Gasteiger partial charge in [0.1, 0.15) is 0 Å². The van der Waals surface area contributed by atoms with Crippen molar-refractivity contribution in [2.75, 3.05) is 5.32 Å². The molecule has 0 fully saturated rings. The number of carbonyl (C=O) groups excluding carboxylic acids is 2. The highest BCUT2D eigenvalue weighted by molar-refractivity contribution is 9.10. The molecule has 0 saturated carbocycles.